The van der Waals surface area contributed by atoms with Crippen molar-refractivity contribution in [3.05, 3.63) is 131 Å². The Balaban J connectivity index is 2.38. The van der Waals surface area contributed by atoms with Crippen molar-refractivity contribution in [2.75, 3.05) is 0 Å². The van der Waals surface area contributed by atoms with Gasteiger partial charge in [0.2, 0.25) is 0 Å². The van der Waals surface area contributed by atoms with Gasteiger partial charge in [0.25, 0.3) is 0 Å². The largest absolute Gasteiger partial charge is 0.0877 e. The van der Waals surface area contributed by atoms with Crippen LogP contribution in [0.4, 0.5) is 0 Å². The Morgan fingerprint density at radius 2 is 1.88 bits per heavy atom. The van der Waals surface area contributed by atoms with Gasteiger partial charge in [-0.25, -0.2) is 0 Å². The van der Waals surface area contributed by atoms with Crippen LogP contribution in [0, 0.1) is 5.92 Å². The summed E-state index contributed by atoms with van der Waals surface area (Å²) in [5, 5.41) is 0. The molecule has 0 heterocycles. The van der Waals surface area contributed by atoms with E-state index in [4.69, 9.17) is 0 Å². The average molecular weight is 451 g/mol. The fourth-order valence-corrected chi connectivity index (χ4v) is 3.89. The number of allylic oxidation sites excluding steroid dienone is 18. The lowest BCUT2D eigenvalue weighted by atomic mass is 9.94. The van der Waals surface area contributed by atoms with Gasteiger partial charge in [0, 0.05) is 0 Å². The van der Waals surface area contributed by atoms with Crippen LogP contribution in [0.3, 0.4) is 0 Å². The first kappa shape index (κ1) is 27.1. The Kier molecular flexibility index (Phi) is 11.9. The maximum atomic E-state index is 2.38. The van der Waals surface area contributed by atoms with Crippen LogP contribution in [-0.4, -0.2) is 0 Å². The molecule has 1 aliphatic rings. The molecular weight excluding hydrogens is 408 g/mol. The Morgan fingerprint density at radius 3 is 2.62 bits per heavy atom. The summed E-state index contributed by atoms with van der Waals surface area (Å²) in [6.07, 6.45) is 31.7. The van der Waals surface area contributed by atoms with Gasteiger partial charge in [0.05, 0.1) is 0 Å². The minimum atomic E-state index is 0.508. The normalized spacial score (nSPS) is 15.9. The van der Waals surface area contributed by atoms with E-state index < -0.39 is 0 Å². The summed E-state index contributed by atoms with van der Waals surface area (Å²) in [5.41, 5.74) is 9.27. The Hall–Kier alpha value is -3.12. The quantitative estimate of drug-likeness (QED) is 0.311. The summed E-state index contributed by atoms with van der Waals surface area (Å²) in [7, 11) is 0. The molecule has 0 amide bonds. The molecule has 0 aromatic heterocycles. The second-order valence-corrected chi connectivity index (χ2v) is 9.21. The molecule has 1 aromatic rings. The maximum Gasteiger partial charge on any atom is -0.00883 e. The van der Waals surface area contributed by atoms with Gasteiger partial charge in [-0.15, -0.1) is 0 Å². The van der Waals surface area contributed by atoms with Crippen molar-refractivity contribution in [1.82, 2.24) is 0 Å². The van der Waals surface area contributed by atoms with Crippen molar-refractivity contribution in [3.63, 3.8) is 0 Å². The summed E-state index contributed by atoms with van der Waals surface area (Å²) in [5.74, 6) is 0.508. The standard InChI is InChI=1S/C34H42/c1-7-9-10-16-28(5)18-13-20-31(24-23-30(15-8-2)27(3)4)33-21-14-22-34(26-33)32-19-12-11-17-29(6)25-32/h7-17,20-22,24-26,28H,18-19,23H2,1-6H3/b9-7-,15-8-,16-10-,20-13-,31-24+. The third-order valence-corrected chi connectivity index (χ3v) is 5.90. The van der Waals surface area contributed by atoms with Gasteiger partial charge in [-0.05, 0) is 93.7 Å². The van der Waals surface area contributed by atoms with Crippen LogP contribution in [0.15, 0.2) is 120 Å². The summed E-state index contributed by atoms with van der Waals surface area (Å²) < 4.78 is 0. The maximum absolute atomic E-state index is 2.38. The van der Waals surface area contributed by atoms with Gasteiger partial charge < -0.3 is 0 Å². The zero-order chi connectivity index (χ0) is 24.8. The first-order valence-electron chi connectivity index (χ1n) is 12.5. The summed E-state index contributed by atoms with van der Waals surface area (Å²) >= 11 is 0. The van der Waals surface area contributed by atoms with Crippen LogP contribution < -0.4 is 0 Å². The molecular formula is C34H42. The van der Waals surface area contributed by atoms with Crippen molar-refractivity contribution in [3.8, 4) is 0 Å². The highest BCUT2D eigenvalue weighted by Crippen LogP contribution is 2.28. The predicted molar refractivity (Wildman–Crippen MR) is 155 cm³/mol. The fourth-order valence-electron chi connectivity index (χ4n) is 3.89. The molecule has 0 N–H and O–H groups in total. The molecule has 1 atom stereocenters. The Bertz CT molecular complexity index is 1070. The second-order valence-electron chi connectivity index (χ2n) is 9.21. The van der Waals surface area contributed by atoms with E-state index in [1.165, 1.54) is 39.0 Å². The molecule has 34 heavy (non-hydrogen) atoms. The molecule has 2 rings (SSSR count). The lowest BCUT2D eigenvalue weighted by Crippen LogP contribution is -1.90. The van der Waals surface area contributed by atoms with Crippen LogP contribution in [0.2, 0.25) is 0 Å². The highest BCUT2D eigenvalue weighted by Gasteiger charge is 2.06. The van der Waals surface area contributed by atoms with Crippen LogP contribution in [0.1, 0.15) is 71.9 Å². The Morgan fingerprint density at radius 1 is 1.06 bits per heavy atom. The van der Waals surface area contributed by atoms with Gasteiger partial charge >= 0.3 is 0 Å². The third kappa shape index (κ3) is 9.40. The molecule has 0 nitrogen and oxygen atoms in total. The van der Waals surface area contributed by atoms with E-state index in [2.05, 4.69) is 138 Å². The van der Waals surface area contributed by atoms with Crippen LogP contribution in [-0.2, 0) is 0 Å². The first-order valence-corrected chi connectivity index (χ1v) is 12.5. The smallest absolute Gasteiger partial charge is 0.00883 e. The molecule has 0 spiro atoms. The van der Waals surface area contributed by atoms with Crippen molar-refractivity contribution in [1.29, 1.82) is 0 Å². The van der Waals surface area contributed by atoms with E-state index in [-0.39, 0.29) is 0 Å². The SMILES string of the molecule is C/C=C\C=C/C(C)C/C=C\C(=C/CC(/C=C\C)=C(C)C)c1cccc(C2=CC(C)=CC=CC2)c1. The van der Waals surface area contributed by atoms with Crippen molar-refractivity contribution >= 4 is 11.1 Å². The molecule has 0 radical (unpaired) electrons. The lowest BCUT2D eigenvalue weighted by molar-refractivity contribution is 0.744. The van der Waals surface area contributed by atoms with E-state index in [1.807, 2.05) is 6.92 Å². The van der Waals surface area contributed by atoms with Gasteiger partial charge in [-0.1, -0.05) is 115 Å². The van der Waals surface area contributed by atoms with E-state index in [0.717, 1.165) is 19.3 Å². The molecule has 0 bridgehead atoms. The van der Waals surface area contributed by atoms with E-state index in [0.29, 0.717) is 5.92 Å². The molecule has 1 aliphatic carbocycles. The van der Waals surface area contributed by atoms with Gasteiger partial charge in [0.15, 0.2) is 0 Å². The number of hydrogen-bond donors (Lipinski definition) is 0. The highest BCUT2D eigenvalue weighted by atomic mass is 14.1. The van der Waals surface area contributed by atoms with Gasteiger partial charge in [-0.3, -0.25) is 0 Å². The molecule has 0 saturated carbocycles. The average Bonchev–Trinajstić information content (AvgIpc) is 3.05. The zero-order valence-electron chi connectivity index (χ0n) is 22.0. The zero-order valence-corrected chi connectivity index (χ0v) is 22.0. The highest BCUT2D eigenvalue weighted by molar-refractivity contribution is 5.78. The predicted octanol–water partition coefficient (Wildman–Crippen LogP) is 10.4. The van der Waals surface area contributed by atoms with Crippen molar-refractivity contribution < 1.29 is 0 Å². The number of hydrogen-bond acceptors (Lipinski definition) is 0. The lowest BCUT2D eigenvalue weighted by Gasteiger charge is -2.11. The minimum absolute atomic E-state index is 0.508. The molecule has 1 unspecified atom stereocenters. The van der Waals surface area contributed by atoms with E-state index >= 15 is 0 Å². The van der Waals surface area contributed by atoms with Crippen molar-refractivity contribution in [2.45, 2.75) is 60.8 Å². The van der Waals surface area contributed by atoms with Crippen molar-refractivity contribution in [2.24, 2.45) is 5.92 Å². The minimum Gasteiger partial charge on any atom is -0.0877 e. The van der Waals surface area contributed by atoms with Gasteiger partial charge in [0.1, 0.15) is 0 Å². The number of rotatable bonds is 10. The molecule has 0 saturated heterocycles. The van der Waals surface area contributed by atoms with Gasteiger partial charge in [-0.2, -0.15) is 0 Å². The Labute approximate surface area is 208 Å². The third-order valence-electron chi connectivity index (χ3n) is 5.90. The summed E-state index contributed by atoms with van der Waals surface area (Å²) in [6.45, 7) is 13.0. The number of benzene rings is 1. The monoisotopic (exact) mass is 450 g/mol. The topological polar surface area (TPSA) is 0 Å². The van der Waals surface area contributed by atoms with E-state index in [9.17, 15) is 0 Å². The van der Waals surface area contributed by atoms with Crippen LogP contribution >= 0.6 is 0 Å². The molecule has 0 heteroatoms. The molecule has 1 aromatic carbocycles. The van der Waals surface area contributed by atoms with Crippen LogP contribution in [0.25, 0.3) is 11.1 Å². The summed E-state index contributed by atoms with van der Waals surface area (Å²) in [6, 6.07) is 9.01. The molecule has 0 fully saturated rings. The molecule has 178 valence electrons. The first-order chi connectivity index (χ1) is 16.4. The second kappa shape index (κ2) is 14.9. The van der Waals surface area contributed by atoms with E-state index in [1.54, 1.807) is 0 Å². The molecule has 0 aliphatic heterocycles. The summed E-state index contributed by atoms with van der Waals surface area (Å²) in [4.78, 5) is 0. The fraction of sp³-hybridized carbons (Fsp3) is 0.294. The van der Waals surface area contributed by atoms with Crippen LogP contribution in [0.5, 0.6) is 0 Å².